The Hall–Kier alpha value is -1.26. The number of nitrogens with one attached hydrogen (secondary N) is 1. The van der Waals surface area contributed by atoms with Crippen molar-refractivity contribution in [2.45, 2.75) is 70.4 Å². The molecule has 0 heterocycles. The van der Waals surface area contributed by atoms with E-state index in [1.807, 2.05) is 0 Å². The SMILES string of the molecule is CCC1CCC(NC(=O)N(CCC(=O)O)C2CC2)CC1. The van der Waals surface area contributed by atoms with Gasteiger partial charge in [0.25, 0.3) is 0 Å². The third kappa shape index (κ3) is 4.39. The number of nitrogens with zero attached hydrogens (tertiary/aromatic N) is 1. The average Bonchev–Trinajstić information content (AvgIpc) is 3.24. The highest BCUT2D eigenvalue weighted by atomic mass is 16.4. The molecule has 0 aromatic carbocycles. The van der Waals surface area contributed by atoms with Gasteiger partial charge in [-0.1, -0.05) is 13.3 Å². The number of amides is 2. The molecule has 0 bridgehead atoms. The highest BCUT2D eigenvalue weighted by molar-refractivity contribution is 5.76. The molecule has 0 atom stereocenters. The number of hydrogen-bond acceptors (Lipinski definition) is 2. The summed E-state index contributed by atoms with van der Waals surface area (Å²) >= 11 is 0. The molecule has 2 aliphatic rings. The zero-order chi connectivity index (χ0) is 14.5. The Balaban J connectivity index is 1.78. The summed E-state index contributed by atoms with van der Waals surface area (Å²) in [5.41, 5.74) is 0. The first-order chi connectivity index (χ1) is 9.60. The molecule has 2 amide bonds. The van der Waals surface area contributed by atoms with Crippen molar-refractivity contribution in [3.63, 3.8) is 0 Å². The Morgan fingerprint density at radius 1 is 1.15 bits per heavy atom. The number of aliphatic carboxylic acids is 1. The number of hydrogen-bond donors (Lipinski definition) is 2. The van der Waals surface area contributed by atoms with E-state index in [0.717, 1.165) is 31.6 Å². The maximum Gasteiger partial charge on any atom is 0.317 e. The summed E-state index contributed by atoms with van der Waals surface area (Å²) in [6, 6.07) is 0.478. The molecule has 2 aliphatic carbocycles. The van der Waals surface area contributed by atoms with E-state index in [4.69, 9.17) is 5.11 Å². The molecule has 2 fully saturated rings. The van der Waals surface area contributed by atoms with Crippen molar-refractivity contribution in [1.82, 2.24) is 10.2 Å². The van der Waals surface area contributed by atoms with Crippen molar-refractivity contribution in [2.24, 2.45) is 5.92 Å². The second kappa shape index (κ2) is 6.95. The summed E-state index contributed by atoms with van der Waals surface area (Å²) in [5, 5.41) is 11.9. The van der Waals surface area contributed by atoms with E-state index in [1.165, 1.54) is 19.3 Å². The average molecular weight is 282 g/mol. The van der Waals surface area contributed by atoms with Crippen molar-refractivity contribution >= 4 is 12.0 Å². The molecule has 0 saturated heterocycles. The Labute approximate surface area is 120 Å². The van der Waals surface area contributed by atoms with Crippen molar-refractivity contribution in [1.29, 1.82) is 0 Å². The van der Waals surface area contributed by atoms with Gasteiger partial charge < -0.3 is 15.3 Å². The minimum absolute atomic E-state index is 0.0342. The van der Waals surface area contributed by atoms with Crippen LogP contribution >= 0.6 is 0 Å². The standard InChI is InChI=1S/C15H26N2O3/c1-2-11-3-5-12(6-4-11)16-15(20)17(13-7-8-13)10-9-14(18)19/h11-13H,2-10H2,1H3,(H,16,20)(H,18,19). The maximum atomic E-state index is 12.3. The quantitative estimate of drug-likeness (QED) is 0.786. The zero-order valence-corrected chi connectivity index (χ0v) is 12.3. The van der Waals surface area contributed by atoms with Gasteiger partial charge >= 0.3 is 12.0 Å². The summed E-state index contributed by atoms with van der Waals surface area (Å²) in [7, 11) is 0. The van der Waals surface area contributed by atoms with E-state index < -0.39 is 5.97 Å². The van der Waals surface area contributed by atoms with Crippen LogP contribution in [0.2, 0.25) is 0 Å². The van der Waals surface area contributed by atoms with Crippen LogP contribution in [-0.4, -0.2) is 40.6 Å². The Morgan fingerprint density at radius 2 is 1.80 bits per heavy atom. The van der Waals surface area contributed by atoms with Gasteiger partial charge in [0.15, 0.2) is 0 Å². The fourth-order valence-corrected chi connectivity index (χ4v) is 3.02. The topological polar surface area (TPSA) is 69.6 Å². The molecule has 0 aliphatic heterocycles. The fourth-order valence-electron chi connectivity index (χ4n) is 3.02. The van der Waals surface area contributed by atoms with E-state index in [9.17, 15) is 9.59 Å². The van der Waals surface area contributed by atoms with Gasteiger partial charge in [-0.25, -0.2) is 4.79 Å². The van der Waals surface area contributed by atoms with Crippen LogP contribution in [0, 0.1) is 5.92 Å². The normalized spacial score (nSPS) is 26.1. The molecule has 20 heavy (non-hydrogen) atoms. The first-order valence-corrected chi connectivity index (χ1v) is 7.89. The molecule has 0 radical (unpaired) electrons. The minimum atomic E-state index is -0.841. The van der Waals surface area contributed by atoms with Crippen LogP contribution in [0.1, 0.15) is 58.3 Å². The van der Waals surface area contributed by atoms with Crippen LogP contribution < -0.4 is 5.32 Å². The number of carbonyl (C=O) groups is 2. The Morgan fingerprint density at radius 3 is 2.30 bits per heavy atom. The van der Waals surface area contributed by atoms with Crippen LogP contribution in [-0.2, 0) is 4.79 Å². The van der Waals surface area contributed by atoms with Gasteiger partial charge in [-0.05, 0) is 44.4 Å². The zero-order valence-electron chi connectivity index (χ0n) is 12.3. The second-order valence-corrected chi connectivity index (χ2v) is 6.14. The summed E-state index contributed by atoms with van der Waals surface area (Å²) < 4.78 is 0. The van der Waals surface area contributed by atoms with Crippen LogP contribution in [0.3, 0.4) is 0 Å². The fraction of sp³-hybridized carbons (Fsp3) is 0.867. The van der Waals surface area contributed by atoms with Gasteiger partial charge in [-0.15, -0.1) is 0 Å². The molecule has 2 rings (SSSR count). The predicted molar refractivity (Wildman–Crippen MR) is 76.5 cm³/mol. The van der Waals surface area contributed by atoms with Gasteiger partial charge in [0.05, 0.1) is 6.42 Å². The molecule has 2 saturated carbocycles. The van der Waals surface area contributed by atoms with Gasteiger partial charge in [-0.3, -0.25) is 4.79 Å². The molecule has 2 N–H and O–H groups in total. The molecule has 0 spiro atoms. The molecular formula is C15H26N2O3. The molecule has 0 unspecified atom stereocenters. The van der Waals surface area contributed by atoms with Crippen molar-refractivity contribution in [3.8, 4) is 0 Å². The maximum absolute atomic E-state index is 12.3. The number of carboxylic acids is 1. The number of carboxylic acid groups (broad SMARTS) is 1. The first-order valence-electron chi connectivity index (χ1n) is 7.89. The Kier molecular flexibility index (Phi) is 5.26. The summed E-state index contributed by atoms with van der Waals surface area (Å²) in [6.45, 7) is 2.56. The van der Waals surface area contributed by atoms with E-state index >= 15 is 0 Å². The van der Waals surface area contributed by atoms with Crippen LogP contribution in [0.25, 0.3) is 0 Å². The lowest BCUT2D eigenvalue weighted by molar-refractivity contribution is -0.137. The third-order valence-electron chi connectivity index (χ3n) is 4.57. The molecule has 0 aromatic heterocycles. The molecule has 5 heteroatoms. The van der Waals surface area contributed by atoms with Gasteiger partial charge in [0.1, 0.15) is 0 Å². The van der Waals surface area contributed by atoms with Gasteiger partial charge in [0, 0.05) is 18.6 Å². The lowest BCUT2D eigenvalue weighted by atomic mass is 9.84. The van der Waals surface area contributed by atoms with E-state index in [2.05, 4.69) is 12.2 Å². The number of carbonyl (C=O) groups excluding carboxylic acids is 1. The lowest BCUT2D eigenvalue weighted by Crippen LogP contribution is -2.47. The highest BCUT2D eigenvalue weighted by Crippen LogP contribution is 2.29. The van der Waals surface area contributed by atoms with E-state index in [0.29, 0.717) is 6.54 Å². The smallest absolute Gasteiger partial charge is 0.317 e. The summed E-state index contributed by atoms with van der Waals surface area (Å²) in [6.07, 6.45) is 7.79. The molecule has 114 valence electrons. The van der Waals surface area contributed by atoms with Crippen molar-refractivity contribution in [3.05, 3.63) is 0 Å². The summed E-state index contributed by atoms with van der Waals surface area (Å²) in [5.74, 6) is -0.0263. The molecule has 5 nitrogen and oxygen atoms in total. The monoisotopic (exact) mass is 282 g/mol. The largest absolute Gasteiger partial charge is 0.481 e. The van der Waals surface area contributed by atoms with Gasteiger partial charge in [-0.2, -0.15) is 0 Å². The lowest BCUT2D eigenvalue weighted by Gasteiger charge is -2.31. The number of urea groups is 1. The summed E-state index contributed by atoms with van der Waals surface area (Å²) in [4.78, 5) is 24.7. The second-order valence-electron chi connectivity index (χ2n) is 6.14. The predicted octanol–water partition coefficient (Wildman–Crippen LogP) is 2.60. The minimum Gasteiger partial charge on any atom is -0.481 e. The van der Waals surface area contributed by atoms with E-state index in [1.54, 1.807) is 4.90 Å². The van der Waals surface area contributed by atoms with Crippen LogP contribution in [0.15, 0.2) is 0 Å². The highest BCUT2D eigenvalue weighted by Gasteiger charge is 2.33. The first kappa shape index (κ1) is 15.1. The molecular weight excluding hydrogens is 256 g/mol. The Bertz CT molecular complexity index is 347. The molecule has 0 aromatic rings. The third-order valence-corrected chi connectivity index (χ3v) is 4.57. The van der Waals surface area contributed by atoms with Gasteiger partial charge in [0.2, 0.25) is 0 Å². The van der Waals surface area contributed by atoms with Crippen LogP contribution in [0.4, 0.5) is 4.79 Å². The van der Waals surface area contributed by atoms with Crippen LogP contribution in [0.5, 0.6) is 0 Å². The number of rotatable bonds is 6. The van der Waals surface area contributed by atoms with Crippen molar-refractivity contribution in [2.75, 3.05) is 6.54 Å². The van der Waals surface area contributed by atoms with E-state index in [-0.39, 0.29) is 24.5 Å². The van der Waals surface area contributed by atoms with Crippen molar-refractivity contribution < 1.29 is 14.7 Å².